The van der Waals surface area contributed by atoms with E-state index < -0.39 is 0 Å². The third-order valence-electron chi connectivity index (χ3n) is 5.03. The zero-order valence-corrected chi connectivity index (χ0v) is 14.5. The van der Waals surface area contributed by atoms with Crippen LogP contribution in [0.3, 0.4) is 0 Å². The molecule has 1 fully saturated rings. The van der Waals surface area contributed by atoms with Crippen molar-refractivity contribution in [1.29, 1.82) is 0 Å². The predicted octanol–water partition coefficient (Wildman–Crippen LogP) is 3.11. The molecule has 0 unspecified atom stereocenters. The number of hydrogen-bond donors (Lipinski definition) is 2. The Kier molecular flexibility index (Phi) is 4.16. The molecule has 2 atom stereocenters. The largest absolute Gasteiger partial charge is 0.345 e. The van der Waals surface area contributed by atoms with Crippen molar-refractivity contribution < 1.29 is 9.59 Å². The molecular weight excluding hydrogens is 328 g/mol. The number of piperidine rings is 1. The van der Waals surface area contributed by atoms with E-state index in [9.17, 15) is 9.59 Å². The van der Waals surface area contributed by atoms with Crippen LogP contribution in [0.25, 0.3) is 11.0 Å². The Hall–Kier alpha value is -3.15. The van der Waals surface area contributed by atoms with Crippen LogP contribution in [0.1, 0.15) is 24.4 Å². The smallest absolute Gasteiger partial charge is 0.229 e. The van der Waals surface area contributed by atoms with Gasteiger partial charge in [0, 0.05) is 19.2 Å². The highest BCUT2D eigenvalue weighted by molar-refractivity contribution is 5.96. The van der Waals surface area contributed by atoms with Crippen LogP contribution >= 0.6 is 0 Å². The molecule has 0 radical (unpaired) electrons. The number of benzene rings is 2. The zero-order valence-electron chi connectivity index (χ0n) is 14.5. The minimum atomic E-state index is -0.294. The van der Waals surface area contributed by atoms with Gasteiger partial charge in [0.25, 0.3) is 0 Å². The quantitative estimate of drug-likeness (QED) is 0.763. The van der Waals surface area contributed by atoms with E-state index in [1.165, 1.54) is 0 Å². The first-order chi connectivity index (χ1) is 12.6. The average Bonchev–Trinajstić information content (AvgIpc) is 3.12. The van der Waals surface area contributed by atoms with Gasteiger partial charge in [-0.3, -0.25) is 9.59 Å². The van der Waals surface area contributed by atoms with Crippen molar-refractivity contribution in [3.05, 3.63) is 60.4 Å². The lowest BCUT2D eigenvalue weighted by molar-refractivity contribution is -0.140. The number of hydrogen-bond acceptors (Lipinski definition) is 3. The van der Waals surface area contributed by atoms with Crippen LogP contribution in [0.5, 0.6) is 0 Å². The summed E-state index contributed by atoms with van der Waals surface area (Å²) < 4.78 is 0. The van der Waals surface area contributed by atoms with Crippen molar-refractivity contribution in [2.45, 2.75) is 18.9 Å². The normalized spacial score (nSPS) is 20.3. The monoisotopic (exact) mass is 348 g/mol. The Labute approximate surface area is 151 Å². The first-order valence-electron chi connectivity index (χ1n) is 8.68. The van der Waals surface area contributed by atoms with Gasteiger partial charge in [-0.25, -0.2) is 4.98 Å². The second-order valence-electron chi connectivity index (χ2n) is 6.63. The number of aromatic amines is 1. The maximum Gasteiger partial charge on any atom is 0.229 e. The number of nitrogens with zero attached hydrogens (tertiary/aromatic N) is 2. The molecule has 6 heteroatoms. The van der Waals surface area contributed by atoms with Crippen LogP contribution in [0.15, 0.2) is 54.9 Å². The Morgan fingerprint density at radius 1 is 1.23 bits per heavy atom. The Morgan fingerprint density at radius 2 is 2.04 bits per heavy atom. The fourth-order valence-corrected chi connectivity index (χ4v) is 3.67. The number of H-pyrrole nitrogens is 1. The number of likely N-dealkylation sites (tertiary alicyclic amines) is 1. The summed E-state index contributed by atoms with van der Waals surface area (Å²) in [5, 5.41) is 3.00. The standard InChI is InChI=1S/C20H20N4O2/c1-24-18(25)10-8-15(19(24)13-5-3-2-4-6-13)20(26)23-14-7-9-16-17(11-14)22-12-21-16/h2-7,9,11-12,15,19H,8,10H2,1H3,(H,21,22)(H,23,26)/t15-,19-/m1/s1. The SMILES string of the molecule is CN1C(=O)CC[C@@H](C(=O)Nc2ccc3nc[nH]c3c2)[C@H]1c1ccccc1. The second kappa shape index (κ2) is 6.63. The van der Waals surface area contributed by atoms with Gasteiger partial charge in [0.2, 0.25) is 11.8 Å². The molecule has 26 heavy (non-hydrogen) atoms. The summed E-state index contributed by atoms with van der Waals surface area (Å²) in [6, 6.07) is 15.1. The second-order valence-corrected chi connectivity index (χ2v) is 6.63. The molecule has 1 aliphatic rings. The van der Waals surface area contributed by atoms with Crippen LogP contribution < -0.4 is 5.32 Å². The number of anilines is 1. The van der Waals surface area contributed by atoms with Crippen LogP contribution in [-0.2, 0) is 9.59 Å². The van der Waals surface area contributed by atoms with E-state index >= 15 is 0 Å². The summed E-state index contributed by atoms with van der Waals surface area (Å²) in [7, 11) is 1.77. The van der Waals surface area contributed by atoms with Gasteiger partial charge in [0.15, 0.2) is 0 Å². The van der Waals surface area contributed by atoms with Gasteiger partial charge < -0.3 is 15.2 Å². The fourth-order valence-electron chi connectivity index (χ4n) is 3.67. The summed E-state index contributed by atoms with van der Waals surface area (Å²) in [5.74, 6) is -0.295. The summed E-state index contributed by atoms with van der Waals surface area (Å²) in [5.41, 5.74) is 3.43. The van der Waals surface area contributed by atoms with Gasteiger partial charge in [-0.1, -0.05) is 30.3 Å². The van der Waals surface area contributed by atoms with Crippen molar-refractivity contribution in [2.75, 3.05) is 12.4 Å². The predicted molar refractivity (Wildman–Crippen MR) is 99.4 cm³/mol. The van der Waals surface area contributed by atoms with E-state index in [0.717, 1.165) is 22.3 Å². The van der Waals surface area contributed by atoms with Gasteiger partial charge in [-0.05, 0) is 30.2 Å². The minimum absolute atomic E-state index is 0.0711. The lowest BCUT2D eigenvalue weighted by Crippen LogP contribution is -2.44. The summed E-state index contributed by atoms with van der Waals surface area (Å²) in [6.45, 7) is 0. The summed E-state index contributed by atoms with van der Waals surface area (Å²) >= 11 is 0. The maximum atomic E-state index is 13.0. The molecule has 2 amide bonds. The highest BCUT2D eigenvalue weighted by Crippen LogP contribution is 2.36. The average molecular weight is 348 g/mol. The van der Waals surface area contributed by atoms with Gasteiger partial charge in [0.05, 0.1) is 29.3 Å². The van der Waals surface area contributed by atoms with Gasteiger partial charge in [-0.15, -0.1) is 0 Å². The van der Waals surface area contributed by atoms with Crippen LogP contribution in [-0.4, -0.2) is 33.7 Å². The molecule has 0 saturated carbocycles. The van der Waals surface area contributed by atoms with Crippen LogP contribution in [0, 0.1) is 5.92 Å². The molecule has 6 nitrogen and oxygen atoms in total. The van der Waals surface area contributed by atoms with E-state index in [1.807, 2.05) is 48.5 Å². The lowest BCUT2D eigenvalue weighted by atomic mass is 9.84. The molecular formula is C20H20N4O2. The molecule has 1 aliphatic heterocycles. The molecule has 1 saturated heterocycles. The number of amides is 2. The third kappa shape index (κ3) is 2.94. The first-order valence-corrected chi connectivity index (χ1v) is 8.68. The zero-order chi connectivity index (χ0) is 18.1. The number of rotatable bonds is 3. The number of aromatic nitrogens is 2. The fraction of sp³-hybridized carbons (Fsp3) is 0.250. The van der Waals surface area contributed by atoms with E-state index in [4.69, 9.17) is 0 Å². The molecule has 132 valence electrons. The van der Waals surface area contributed by atoms with E-state index in [1.54, 1.807) is 18.3 Å². The number of fused-ring (bicyclic) bond motifs is 1. The van der Waals surface area contributed by atoms with Crippen molar-refractivity contribution in [2.24, 2.45) is 5.92 Å². The van der Waals surface area contributed by atoms with E-state index in [-0.39, 0.29) is 23.8 Å². The Balaban J connectivity index is 1.60. The first kappa shape index (κ1) is 16.3. The molecule has 0 spiro atoms. The number of carbonyl (C=O) groups is 2. The minimum Gasteiger partial charge on any atom is -0.345 e. The number of nitrogens with one attached hydrogen (secondary N) is 2. The molecule has 3 aromatic rings. The van der Waals surface area contributed by atoms with Crippen molar-refractivity contribution >= 4 is 28.5 Å². The van der Waals surface area contributed by atoms with Gasteiger partial charge in [0.1, 0.15) is 0 Å². The molecule has 0 bridgehead atoms. The summed E-state index contributed by atoms with van der Waals surface area (Å²) in [6.07, 6.45) is 2.56. The molecule has 2 heterocycles. The van der Waals surface area contributed by atoms with E-state index in [2.05, 4.69) is 15.3 Å². The van der Waals surface area contributed by atoms with Crippen LogP contribution in [0.2, 0.25) is 0 Å². The summed E-state index contributed by atoms with van der Waals surface area (Å²) in [4.78, 5) is 34.1. The van der Waals surface area contributed by atoms with Crippen molar-refractivity contribution in [1.82, 2.24) is 14.9 Å². The maximum absolute atomic E-state index is 13.0. The number of carbonyl (C=O) groups excluding carboxylic acids is 2. The highest BCUT2D eigenvalue weighted by Gasteiger charge is 2.38. The molecule has 2 aromatic carbocycles. The Morgan fingerprint density at radius 3 is 2.85 bits per heavy atom. The third-order valence-corrected chi connectivity index (χ3v) is 5.03. The van der Waals surface area contributed by atoms with Crippen molar-refractivity contribution in [3.63, 3.8) is 0 Å². The van der Waals surface area contributed by atoms with E-state index in [0.29, 0.717) is 12.8 Å². The molecule has 0 aliphatic carbocycles. The van der Waals surface area contributed by atoms with Gasteiger partial charge in [-0.2, -0.15) is 0 Å². The van der Waals surface area contributed by atoms with Gasteiger partial charge >= 0.3 is 0 Å². The topological polar surface area (TPSA) is 78.1 Å². The van der Waals surface area contributed by atoms with Crippen molar-refractivity contribution in [3.8, 4) is 0 Å². The number of imidazole rings is 1. The molecule has 4 rings (SSSR count). The van der Waals surface area contributed by atoms with Crippen LogP contribution in [0.4, 0.5) is 5.69 Å². The molecule has 2 N–H and O–H groups in total. The lowest BCUT2D eigenvalue weighted by Gasteiger charge is -2.38. The Bertz CT molecular complexity index is 951. The highest BCUT2D eigenvalue weighted by atomic mass is 16.2. The molecule has 1 aromatic heterocycles.